The maximum atomic E-state index is 13.6. The quantitative estimate of drug-likeness (QED) is 0.240. The zero-order chi connectivity index (χ0) is 29.6. The molecule has 1 amide bonds. The Morgan fingerprint density at radius 1 is 0.976 bits per heavy atom. The first-order valence-corrected chi connectivity index (χ1v) is 14.1. The molecule has 1 aromatic heterocycles. The van der Waals surface area contributed by atoms with Crippen LogP contribution in [0, 0.1) is 11.6 Å². The van der Waals surface area contributed by atoms with Gasteiger partial charge in [-0.1, -0.05) is 24.3 Å². The molecule has 0 radical (unpaired) electrons. The van der Waals surface area contributed by atoms with Gasteiger partial charge >= 0.3 is 11.9 Å². The van der Waals surface area contributed by atoms with Crippen LogP contribution in [0.5, 0.6) is 11.5 Å². The summed E-state index contributed by atoms with van der Waals surface area (Å²) >= 11 is 1.47. The van der Waals surface area contributed by atoms with Crippen molar-refractivity contribution in [1.29, 1.82) is 0 Å². The first kappa shape index (κ1) is 29.7. The number of methoxy groups -OCH3 is 1. The van der Waals surface area contributed by atoms with Gasteiger partial charge in [-0.25, -0.2) is 18.6 Å². The number of amides is 1. The number of carbonyl (C=O) groups excluding carboxylic acids is 3. The molecule has 11 heteroatoms. The number of nitrogens with zero attached hydrogens (tertiary/aromatic N) is 1. The van der Waals surface area contributed by atoms with Crippen molar-refractivity contribution in [2.45, 2.75) is 31.7 Å². The van der Waals surface area contributed by atoms with Crippen LogP contribution >= 0.6 is 11.8 Å². The lowest BCUT2D eigenvalue weighted by Gasteiger charge is -2.19. The van der Waals surface area contributed by atoms with Crippen LogP contribution in [-0.4, -0.2) is 47.5 Å². The highest BCUT2D eigenvalue weighted by Crippen LogP contribution is 2.39. The van der Waals surface area contributed by atoms with E-state index in [1.54, 1.807) is 6.92 Å². The van der Waals surface area contributed by atoms with Crippen molar-refractivity contribution in [1.82, 2.24) is 10.3 Å². The number of nitrogens with one attached hydrogen (secondary N) is 1. The van der Waals surface area contributed by atoms with Gasteiger partial charge in [0.2, 0.25) is 5.75 Å². The summed E-state index contributed by atoms with van der Waals surface area (Å²) in [6.45, 7) is 1.56. The highest BCUT2D eigenvalue weighted by atomic mass is 32.2. The molecule has 2 aromatic carbocycles. The summed E-state index contributed by atoms with van der Waals surface area (Å²) in [5, 5.41) is 2.68. The molecule has 214 valence electrons. The van der Waals surface area contributed by atoms with Crippen molar-refractivity contribution in [3.8, 4) is 11.5 Å². The molecule has 1 N–H and O–H groups in total. The van der Waals surface area contributed by atoms with Gasteiger partial charge in [0.15, 0.2) is 11.4 Å². The molecule has 3 aromatic rings. The van der Waals surface area contributed by atoms with Crippen LogP contribution in [0.1, 0.15) is 47.8 Å². The van der Waals surface area contributed by atoms with Crippen molar-refractivity contribution in [3.63, 3.8) is 0 Å². The molecule has 0 saturated heterocycles. The zero-order valence-corrected chi connectivity index (χ0v) is 23.5. The zero-order valence-electron chi connectivity index (χ0n) is 22.7. The molecule has 0 spiro atoms. The van der Waals surface area contributed by atoms with Crippen molar-refractivity contribution < 1.29 is 37.4 Å². The maximum absolute atomic E-state index is 13.6. The molecule has 41 heavy (non-hydrogen) atoms. The van der Waals surface area contributed by atoms with E-state index < -0.39 is 35.0 Å². The Labute approximate surface area is 240 Å². The number of carbonyl (C=O) groups is 3. The summed E-state index contributed by atoms with van der Waals surface area (Å²) in [5.74, 6) is -2.21. The molecule has 4 rings (SSSR count). The molecule has 1 aliphatic carbocycles. The second kappa shape index (κ2) is 12.9. The van der Waals surface area contributed by atoms with Crippen LogP contribution in [0.15, 0.2) is 66.6 Å². The van der Waals surface area contributed by atoms with Gasteiger partial charge < -0.3 is 19.5 Å². The van der Waals surface area contributed by atoms with Crippen molar-refractivity contribution in [2.75, 3.05) is 19.1 Å². The largest absolute Gasteiger partial charge is 0.493 e. The van der Waals surface area contributed by atoms with Crippen LogP contribution < -0.4 is 14.8 Å². The van der Waals surface area contributed by atoms with E-state index in [1.165, 1.54) is 79.7 Å². The molecule has 0 atom stereocenters. The fourth-order valence-corrected chi connectivity index (χ4v) is 4.45. The Morgan fingerprint density at radius 3 is 2.07 bits per heavy atom. The van der Waals surface area contributed by atoms with Crippen LogP contribution in [0.2, 0.25) is 0 Å². The Hall–Kier alpha value is -4.25. The maximum Gasteiger partial charge on any atom is 0.336 e. The molecule has 0 bridgehead atoms. The van der Waals surface area contributed by atoms with Gasteiger partial charge in [0.05, 0.1) is 13.5 Å². The van der Waals surface area contributed by atoms with E-state index in [4.69, 9.17) is 14.2 Å². The Morgan fingerprint density at radius 2 is 1.56 bits per heavy atom. The van der Waals surface area contributed by atoms with E-state index in [9.17, 15) is 23.2 Å². The molecule has 8 nitrogen and oxygen atoms in total. The molecule has 0 unspecified atom stereocenters. The highest BCUT2D eigenvalue weighted by Gasteiger charge is 2.53. The number of pyridine rings is 1. The van der Waals surface area contributed by atoms with E-state index in [2.05, 4.69) is 10.3 Å². The smallest absolute Gasteiger partial charge is 0.336 e. The van der Waals surface area contributed by atoms with E-state index in [0.717, 1.165) is 0 Å². The lowest BCUT2D eigenvalue weighted by molar-refractivity contribution is -0.142. The number of ether oxygens (including phenoxy) is 3. The minimum absolute atomic E-state index is 0.118. The fourth-order valence-electron chi connectivity index (χ4n) is 4.08. The monoisotopic (exact) mass is 582 g/mol. The number of benzene rings is 2. The first-order valence-electron chi connectivity index (χ1n) is 12.7. The minimum atomic E-state index is -1.33. The van der Waals surface area contributed by atoms with Crippen LogP contribution in [0.4, 0.5) is 8.78 Å². The molecule has 0 aliphatic heterocycles. The number of halogens is 2. The first-order chi connectivity index (χ1) is 19.7. The normalized spacial score (nSPS) is 13.1. The summed E-state index contributed by atoms with van der Waals surface area (Å²) in [4.78, 5) is 43.0. The standard InChI is InChI=1S/C30H28F2N2O6S/c1-18(25(19-4-8-21(31)9-5-19)20-6-10-22(32)11-7-20)39-29(37)30(14-15-30)34-28(36)26-27(23(38-2)12-16-33-26)40-24(35)13-17-41-3/h4-12,16H,13-15,17H2,1-3H3,(H,34,36). The second-order valence-electron chi connectivity index (χ2n) is 9.28. The molecule has 1 heterocycles. The van der Waals surface area contributed by atoms with E-state index in [0.29, 0.717) is 35.3 Å². The SMILES string of the molecule is COc1ccnc(C(=O)NC2(C(=O)OC(C)=C(c3ccc(F)cc3)c3ccc(F)cc3)CC2)c1OC(=O)CCSC. The number of aromatic nitrogens is 1. The Kier molecular flexibility index (Phi) is 9.38. The second-order valence-corrected chi connectivity index (χ2v) is 10.3. The van der Waals surface area contributed by atoms with Crippen molar-refractivity contribution in [2.24, 2.45) is 0 Å². The summed E-state index contributed by atoms with van der Waals surface area (Å²) in [7, 11) is 1.37. The fraction of sp³-hybridized carbons (Fsp3) is 0.267. The predicted octanol–water partition coefficient (Wildman–Crippen LogP) is 5.31. The number of allylic oxidation sites excluding steroid dienone is 1. The van der Waals surface area contributed by atoms with E-state index in [-0.39, 0.29) is 29.4 Å². The van der Waals surface area contributed by atoms with Gasteiger partial charge in [0.25, 0.3) is 5.91 Å². The van der Waals surface area contributed by atoms with E-state index in [1.807, 2.05) is 6.26 Å². The molecule has 1 fully saturated rings. The Balaban J connectivity index is 1.59. The molecular weight excluding hydrogens is 554 g/mol. The van der Waals surface area contributed by atoms with E-state index >= 15 is 0 Å². The molecule has 1 saturated carbocycles. The minimum Gasteiger partial charge on any atom is -0.493 e. The van der Waals surface area contributed by atoms with Crippen molar-refractivity contribution >= 4 is 35.2 Å². The highest BCUT2D eigenvalue weighted by molar-refractivity contribution is 7.98. The third-order valence-electron chi connectivity index (χ3n) is 6.39. The van der Waals surface area contributed by atoms with Crippen LogP contribution in [0.3, 0.4) is 0 Å². The number of rotatable bonds is 11. The molecular formula is C30H28F2N2O6S. The van der Waals surface area contributed by atoms with Gasteiger partial charge in [0.1, 0.15) is 22.9 Å². The summed E-state index contributed by atoms with van der Waals surface area (Å²) in [5.41, 5.74) is -0.00258. The third kappa shape index (κ3) is 7.10. The van der Waals surface area contributed by atoms with Crippen LogP contribution in [-0.2, 0) is 14.3 Å². The predicted molar refractivity (Wildman–Crippen MR) is 149 cm³/mol. The lowest BCUT2D eigenvalue weighted by atomic mass is 9.97. The van der Waals surface area contributed by atoms with Crippen molar-refractivity contribution in [3.05, 3.63) is 95.0 Å². The Bertz CT molecular complexity index is 1420. The van der Waals surface area contributed by atoms with Gasteiger partial charge in [0, 0.05) is 23.6 Å². The number of esters is 2. The van der Waals surface area contributed by atoms with Gasteiger partial charge in [-0.05, 0) is 61.4 Å². The number of hydrogen-bond donors (Lipinski definition) is 1. The summed E-state index contributed by atoms with van der Waals surface area (Å²) < 4.78 is 43.6. The number of hydrogen-bond acceptors (Lipinski definition) is 8. The lowest BCUT2D eigenvalue weighted by Crippen LogP contribution is -2.44. The van der Waals surface area contributed by atoms with Gasteiger partial charge in [-0.15, -0.1) is 0 Å². The van der Waals surface area contributed by atoms with Gasteiger partial charge in [-0.3, -0.25) is 9.59 Å². The molecule has 1 aliphatic rings. The summed E-state index contributed by atoms with van der Waals surface area (Å²) in [6, 6.07) is 12.6. The average Bonchev–Trinajstić information content (AvgIpc) is 3.74. The van der Waals surface area contributed by atoms with Gasteiger partial charge in [-0.2, -0.15) is 11.8 Å². The topological polar surface area (TPSA) is 104 Å². The number of thioether (sulfide) groups is 1. The van der Waals surface area contributed by atoms with Crippen LogP contribution in [0.25, 0.3) is 5.57 Å². The third-order valence-corrected chi connectivity index (χ3v) is 7.00. The summed E-state index contributed by atoms with van der Waals surface area (Å²) in [6.07, 6.45) is 3.91. The average molecular weight is 583 g/mol.